The zero-order chi connectivity index (χ0) is 18.5. The number of nitrogens with zero attached hydrogens (tertiary/aromatic N) is 3. The molecule has 0 saturated carbocycles. The van der Waals surface area contributed by atoms with Gasteiger partial charge in [0.15, 0.2) is 0 Å². The Morgan fingerprint density at radius 3 is 2.42 bits per heavy atom. The number of aryl methyl sites for hydroxylation is 1. The standard InChI is InChI=1S/C19H22Cl2N4O/c1-2-5-14-6-3-4-7-17(14)23-19(26)25-10-8-24(9-11-25)18-15(20)12-22-13-16(18)21/h3-4,6-7,12-13H,2,5,8-11H2,1H3,(H,23,26). The van der Waals surface area contributed by atoms with Crippen molar-refractivity contribution in [2.24, 2.45) is 0 Å². The number of piperazine rings is 1. The molecule has 1 aliphatic rings. The van der Waals surface area contributed by atoms with Crippen LogP contribution in [0.1, 0.15) is 18.9 Å². The highest BCUT2D eigenvalue weighted by atomic mass is 35.5. The van der Waals surface area contributed by atoms with Gasteiger partial charge in [-0.25, -0.2) is 4.79 Å². The SMILES string of the molecule is CCCc1ccccc1NC(=O)N1CCN(c2c(Cl)cncc2Cl)CC1. The molecule has 138 valence electrons. The van der Waals surface area contributed by atoms with E-state index in [0.29, 0.717) is 36.2 Å². The van der Waals surface area contributed by atoms with Crippen LogP contribution in [0.5, 0.6) is 0 Å². The number of hydrogen-bond acceptors (Lipinski definition) is 3. The van der Waals surface area contributed by atoms with Gasteiger partial charge in [-0.1, -0.05) is 54.7 Å². The summed E-state index contributed by atoms with van der Waals surface area (Å²) >= 11 is 12.5. The molecule has 0 spiro atoms. The Morgan fingerprint density at radius 2 is 1.77 bits per heavy atom. The van der Waals surface area contributed by atoms with E-state index in [-0.39, 0.29) is 6.03 Å². The molecule has 0 bridgehead atoms. The Labute approximate surface area is 163 Å². The summed E-state index contributed by atoms with van der Waals surface area (Å²) in [5, 5.41) is 4.11. The maximum absolute atomic E-state index is 12.6. The molecule has 0 unspecified atom stereocenters. The Bertz CT molecular complexity index is 756. The molecule has 3 rings (SSSR count). The number of para-hydroxylation sites is 1. The van der Waals surface area contributed by atoms with Crippen molar-refractivity contribution in [2.75, 3.05) is 36.4 Å². The Balaban J connectivity index is 1.62. The minimum Gasteiger partial charge on any atom is -0.365 e. The second-order valence-corrected chi connectivity index (χ2v) is 7.08. The predicted octanol–water partition coefficient (Wildman–Crippen LogP) is 4.70. The molecule has 1 aromatic carbocycles. The number of urea groups is 1. The van der Waals surface area contributed by atoms with Crippen molar-refractivity contribution in [2.45, 2.75) is 19.8 Å². The zero-order valence-electron chi connectivity index (χ0n) is 14.7. The van der Waals surface area contributed by atoms with E-state index in [1.54, 1.807) is 12.4 Å². The van der Waals surface area contributed by atoms with Crippen molar-refractivity contribution in [1.29, 1.82) is 0 Å². The van der Waals surface area contributed by atoms with E-state index in [0.717, 1.165) is 29.8 Å². The van der Waals surface area contributed by atoms with Gasteiger partial charge in [-0.05, 0) is 18.1 Å². The smallest absolute Gasteiger partial charge is 0.321 e. The van der Waals surface area contributed by atoms with Crippen LogP contribution in [0.25, 0.3) is 0 Å². The third kappa shape index (κ3) is 4.22. The molecule has 2 heterocycles. The van der Waals surface area contributed by atoms with Gasteiger partial charge in [0, 0.05) is 44.3 Å². The summed E-state index contributed by atoms with van der Waals surface area (Å²) in [7, 11) is 0. The van der Waals surface area contributed by atoms with Crippen LogP contribution < -0.4 is 10.2 Å². The number of hydrogen-bond donors (Lipinski definition) is 1. The molecule has 7 heteroatoms. The van der Waals surface area contributed by atoms with Crippen LogP contribution in [0, 0.1) is 0 Å². The maximum Gasteiger partial charge on any atom is 0.321 e. The monoisotopic (exact) mass is 392 g/mol. The van der Waals surface area contributed by atoms with Gasteiger partial charge in [0.05, 0.1) is 15.7 Å². The number of rotatable bonds is 4. The molecule has 0 radical (unpaired) electrons. The molecule has 1 aliphatic heterocycles. The molecule has 1 N–H and O–H groups in total. The molecule has 2 aromatic rings. The molecule has 1 aromatic heterocycles. The van der Waals surface area contributed by atoms with Crippen molar-refractivity contribution in [1.82, 2.24) is 9.88 Å². The Kier molecular flexibility index (Phi) is 6.22. The van der Waals surface area contributed by atoms with E-state index in [1.807, 2.05) is 23.1 Å². The van der Waals surface area contributed by atoms with Gasteiger partial charge in [-0.2, -0.15) is 0 Å². The number of nitrogens with one attached hydrogen (secondary N) is 1. The fourth-order valence-corrected chi connectivity index (χ4v) is 3.77. The Hall–Kier alpha value is -1.98. The lowest BCUT2D eigenvalue weighted by molar-refractivity contribution is 0.208. The first-order valence-corrected chi connectivity index (χ1v) is 9.53. The van der Waals surface area contributed by atoms with Crippen molar-refractivity contribution >= 4 is 40.6 Å². The number of halogens is 2. The molecule has 5 nitrogen and oxygen atoms in total. The molecule has 0 aliphatic carbocycles. The lowest BCUT2D eigenvalue weighted by Gasteiger charge is -2.36. The summed E-state index contributed by atoms with van der Waals surface area (Å²) in [6, 6.07) is 7.89. The predicted molar refractivity (Wildman–Crippen MR) is 107 cm³/mol. The lowest BCUT2D eigenvalue weighted by atomic mass is 10.1. The summed E-state index contributed by atoms with van der Waals surface area (Å²) in [5.74, 6) is 0. The van der Waals surface area contributed by atoms with Crippen LogP contribution in [0.15, 0.2) is 36.7 Å². The van der Waals surface area contributed by atoms with Crippen LogP contribution in [0.2, 0.25) is 10.0 Å². The van der Waals surface area contributed by atoms with Gasteiger partial charge in [-0.3, -0.25) is 4.98 Å². The molecular formula is C19H22Cl2N4O. The largest absolute Gasteiger partial charge is 0.365 e. The van der Waals surface area contributed by atoms with E-state index in [2.05, 4.69) is 28.2 Å². The topological polar surface area (TPSA) is 48.5 Å². The van der Waals surface area contributed by atoms with Crippen molar-refractivity contribution < 1.29 is 4.79 Å². The number of anilines is 2. The highest BCUT2D eigenvalue weighted by Crippen LogP contribution is 2.33. The molecule has 1 saturated heterocycles. The number of benzene rings is 1. The van der Waals surface area contributed by atoms with E-state index in [1.165, 1.54) is 0 Å². The summed E-state index contributed by atoms with van der Waals surface area (Å²) in [5.41, 5.74) is 2.84. The lowest BCUT2D eigenvalue weighted by Crippen LogP contribution is -2.50. The van der Waals surface area contributed by atoms with Gasteiger partial charge in [-0.15, -0.1) is 0 Å². The minimum atomic E-state index is -0.0693. The Morgan fingerprint density at radius 1 is 1.12 bits per heavy atom. The third-order valence-corrected chi connectivity index (χ3v) is 5.04. The normalized spacial score (nSPS) is 14.4. The average Bonchev–Trinajstić information content (AvgIpc) is 2.64. The summed E-state index contributed by atoms with van der Waals surface area (Å²) in [6.45, 7) is 4.70. The third-order valence-electron chi connectivity index (χ3n) is 4.49. The molecule has 2 amide bonds. The van der Waals surface area contributed by atoms with Crippen molar-refractivity contribution in [3.8, 4) is 0 Å². The summed E-state index contributed by atoms with van der Waals surface area (Å²) in [6.07, 6.45) is 5.17. The second kappa shape index (κ2) is 8.60. The molecule has 1 fully saturated rings. The summed E-state index contributed by atoms with van der Waals surface area (Å²) in [4.78, 5) is 20.5. The minimum absolute atomic E-state index is 0.0693. The first-order chi connectivity index (χ1) is 12.6. The van der Waals surface area contributed by atoms with Crippen LogP contribution in [-0.2, 0) is 6.42 Å². The van der Waals surface area contributed by atoms with Gasteiger partial charge < -0.3 is 15.1 Å². The number of carbonyl (C=O) groups excluding carboxylic acids is 1. The van der Waals surface area contributed by atoms with Crippen molar-refractivity contribution in [3.05, 3.63) is 52.3 Å². The number of aromatic nitrogens is 1. The molecule has 26 heavy (non-hydrogen) atoms. The van der Waals surface area contributed by atoms with Gasteiger partial charge in [0.2, 0.25) is 0 Å². The van der Waals surface area contributed by atoms with Crippen molar-refractivity contribution in [3.63, 3.8) is 0 Å². The van der Waals surface area contributed by atoms with Crippen LogP contribution in [0.4, 0.5) is 16.2 Å². The maximum atomic E-state index is 12.6. The highest BCUT2D eigenvalue weighted by Gasteiger charge is 2.24. The van der Waals surface area contributed by atoms with E-state index < -0.39 is 0 Å². The number of carbonyl (C=O) groups is 1. The second-order valence-electron chi connectivity index (χ2n) is 6.26. The number of pyridine rings is 1. The van der Waals surface area contributed by atoms with E-state index in [9.17, 15) is 4.79 Å². The summed E-state index contributed by atoms with van der Waals surface area (Å²) < 4.78 is 0. The van der Waals surface area contributed by atoms with Crippen LogP contribution in [0.3, 0.4) is 0 Å². The van der Waals surface area contributed by atoms with E-state index >= 15 is 0 Å². The van der Waals surface area contributed by atoms with Gasteiger partial charge in [0.25, 0.3) is 0 Å². The number of amides is 2. The quantitative estimate of drug-likeness (QED) is 0.820. The first-order valence-electron chi connectivity index (χ1n) is 8.78. The molecule has 0 atom stereocenters. The van der Waals surface area contributed by atoms with Crippen LogP contribution >= 0.6 is 23.2 Å². The first kappa shape index (κ1) is 18.8. The molecular weight excluding hydrogens is 371 g/mol. The fraction of sp³-hybridized carbons (Fsp3) is 0.368. The average molecular weight is 393 g/mol. The fourth-order valence-electron chi connectivity index (χ4n) is 3.16. The van der Waals surface area contributed by atoms with Crippen LogP contribution in [-0.4, -0.2) is 42.1 Å². The zero-order valence-corrected chi connectivity index (χ0v) is 16.2. The van der Waals surface area contributed by atoms with Gasteiger partial charge in [0.1, 0.15) is 0 Å². The van der Waals surface area contributed by atoms with Gasteiger partial charge >= 0.3 is 6.03 Å². The highest BCUT2D eigenvalue weighted by molar-refractivity contribution is 6.38. The van der Waals surface area contributed by atoms with E-state index in [4.69, 9.17) is 23.2 Å².